The van der Waals surface area contributed by atoms with Gasteiger partial charge >= 0.3 is 5.69 Å². The van der Waals surface area contributed by atoms with Gasteiger partial charge < -0.3 is 5.11 Å². The van der Waals surface area contributed by atoms with E-state index in [-0.39, 0.29) is 11.4 Å². The molecule has 0 saturated heterocycles. The summed E-state index contributed by atoms with van der Waals surface area (Å²) in [5.41, 5.74) is -1.04. The molecule has 0 amide bonds. The molecule has 0 fully saturated rings. The third-order valence-electron chi connectivity index (χ3n) is 3.62. The zero-order valence-electron chi connectivity index (χ0n) is 12.5. The van der Waals surface area contributed by atoms with Crippen LogP contribution in [0.15, 0.2) is 39.9 Å². The molecule has 5 nitrogen and oxygen atoms in total. The minimum absolute atomic E-state index is 0.124. The number of hydrogen-bond acceptors (Lipinski definition) is 3. The smallest absolute Gasteiger partial charge is 0.331 e. The Labute approximate surface area is 122 Å². The molecule has 112 valence electrons. The molecular formula is C16H20N2O3. The first-order chi connectivity index (χ1) is 9.88. The number of benzene rings is 1. The van der Waals surface area contributed by atoms with Gasteiger partial charge in [-0.3, -0.25) is 14.3 Å². The monoisotopic (exact) mass is 288 g/mol. The largest absolute Gasteiger partial charge is 0.494 e. The van der Waals surface area contributed by atoms with Crippen molar-refractivity contribution in [3.8, 4) is 17.0 Å². The Morgan fingerprint density at radius 3 is 2.38 bits per heavy atom. The molecule has 2 rings (SSSR count). The van der Waals surface area contributed by atoms with Crippen molar-refractivity contribution in [1.82, 2.24) is 9.55 Å². The van der Waals surface area contributed by atoms with Crippen LogP contribution < -0.4 is 11.2 Å². The predicted octanol–water partition coefficient (Wildman–Crippen LogP) is 2.44. The number of hydrogen-bond donors (Lipinski definition) is 2. The minimum atomic E-state index is -0.587. The van der Waals surface area contributed by atoms with E-state index in [0.29, 0.717) is 12.0 Å². The van der Waals surface area contributed by atoms with Crippen molar-refractivity contribution in [2.75, 3.05) is 0 Å². The molecule has 0 aliphatic heterocycles. The second-order valence-corrected chi connectivity index (χ2v) is 5.72. The van der Waals surface area contributed by atoms with Crippen molar-refractivity contribution in [1.29, 1.82) is 0 Å². The number of H-pyrrole nitrogens is 1. The SMILES string of the molecule is CCCC(C)(C)n1c(O)c(-c2ccccc2)c(=O)[nH]c1=O. The lowest BCUT2D eigenvalue weighted by Crippen LogP contribution is -2.41. The molecule has 1 aromatic heterocycles. The molecule has 0 aliphatic rings. The summed E-state index contributed by atoms with van der Waals surface area (Å²) in [6, 6.07) is 8.84. The average Bonchev–Trinajstić information content (AvgIpc) is 2.38. The van der Waals surface area contributed by atoms with Crippen LogP contribution in [0.4, 0.5) is 0 Å². The van der Waals surface area contributed by atoms with E-state index in [1.54, 1.807) is 24.3 Å². The molecule has 0 saturated carbocycles. The summed E-state index contributed by atoms with van der Waals surface area (Å²) in [5, 5.41) is 10.5. The van der Waals surface area contributed by atoms with Crippen molar-refractivity contribution >= 4 is 0 Å². The Bertz CT molecular complexity index is 742. The van der Waals surface area contributed by atoms with E-state index in [0.717, 1.165) is 6.42 Å². The summed E-state index contributed by atoms with van der Waals surface area (Å²) < 4.78 is 1.26. The molecule has 2 N–H and O–H groups in total. The molecule has 0 radical (unpaired) electrons. The van der Waals surface area contributed by atoms with Crippen molar-refractivity contribution in [3.05, 3.63) is 51.2 Å². The van der Waals surface area contributed by atoms with Crippen LogP contribution in [0.25, 0.3) is 11.1 Å². The van der Waals surface area contributed by atoms with Gasteiger partial charge in [0.25, 0.3) is 5.56 Å². The average molecular weight is 288 g/mol. The number of rotatable bonds is 4. The zero-order valence-corrected chi connectivity index (χ0v) is 12.5. The van der Waals surface area contributed by atoms with E-state index in [9.17, 15) is 14.7 Å². The highest BCUT2D eigenvalue weighted by Crippen LogP contribution is 2.30. The van der Waals surface area contributed by atoms with E-state index < -0.39 is 16.8 Å². The van der Waals surface area contributed by atoms with E-state index in [1.165, 1.54) is 4.57 Å². The summed E-state index contributed by atoms with van der Waals surface area (Å²) in [5.74, 6) is -0.284. The third kappa shape index (κ3) is 2.77. The van der Waals surface area contributed by atoms with E-state index in [1.807, 2.05) is 26.8 Å². The topological polar surface area (TPSA) is 75.1 Å². The van der Waals surface area contributed by atoms with Gasteiger partial charge in [0.05, 0.1) is 0 Å². The lowest BCUT2D eigenvalue weighted by Gasteiger charge is -2.28. The fourth-order valence-electron chi connectivity index (χ4n) is 2.68. The summed E-state index contributed by atoms with van der Waals surface area (Å²) >= 11 is 0. The first kappa shape index (κ1) is 15.1. The van der Waals surface area contributed by atoms with Crippen LogP contribution in [0, 0.1) is 0 Å². The second kappa shape index (κ2) is 5.60. The zero-order chi connectivity index (χ0) is 15.6. The Morgan fingerprint density at radius 2 is 1.81 bits per heavy atom. The van der Waals surface area contributed by atoms with Gasteiger partial charge in [-0.1, -0.05) is 43.7 Å². The number of aromatic amines is 1. The summed E-state index contributed by atoms with van der Waals surface area (Å²) in [4.78, 5) is 26.5. The van der Waals surface area contributed by atoms with Gasteiger partial charge in [-0.15, -0.1) is 0 Å². The third-order valence-corrected chi connectivity index (χ3v) is 3.62. The van der Waals surface area contributed by atoms with Crippen LogP contribution in [0.1, 0.15) is 33.6 Å². The molecular weight excluding hydrogens is 268 g/mol. The maximum absolute atomic E-state index is 12.1. The van der Waals surface area contributed by atoms with E-state index in [4.69, 9.17) is 0 Å². The molecule has 2 aromatic rings. The number of nitrogens with one attached hydrogen (secondary N) is 1. The van der Waals surface area contributed by atoms with E-state index >= 15 is 0 Å². The standard InChI is InChI=1S/C16H20N2O3/c1-4-10-16(2,3)18-14(20)12(13(19)17-15(18)21)11-8-6-5-7-9-11/h5-9,20H,4,10H2,1-3H3,(H,17,19,21). The first-order valence-electron chi connectivity index (χ1n) is 7.02. The fourth-order valence-corrected chi connectivity index (χ4v) is 2.68. The maximum Gasteiger partial charge on any atom is 0.331 e. The highest BCUT2D eigenvalue weighted by molar-refractivity contribution is 5.67. The molecule has 0 bridgehead atoms. The van der Waals surface area contributed by atoms with Gasteiger partial charge in [-0.25, -0.2) is 4.79 Å². The Kier molecular flexibility index (Phi) is 4.02. The molecule has 0 spiro atoms. The van der Waals surface area contributed by atoms with Crippen LogP contribution in [-0.4, -0.2) is 14.7 Å². The highest BCUT2D eigenvalue weighted by Gasteiger charge is 2.27. The quantitative estimate of drug-likeness (QED) is 0.907. The van der Waals surface area contributed by atoms with Crippen LogP contribution in [0.5, 0.6) is 5.88 Å². The maximum atomic E-state index is 12.1. The summed E-state index contributed by atoms with van der Waals surface area (Å²) in [6.07, 6.45) is 1.57. The number of aromatic nitrogens is 2. The summed E-state index contributed by atoms with van der Waals surface area (Å²) in [7, 11) is 0. The van der Waals surface area contributed by atoms with Crippen LogP contribution >= 0.6 is 0 Å². The Hall–Kier alpha value is -2.30. The molecule has 1 aromatic carbocycles. The van der Waals surface area contributed by atoms with Gasteiger partial charge in [-0.2, -0.15) is 0 Å². The lowest BCUT2D eigenvalue weighted by atomic mass is 9.97. The predicted molar refractivity (Wildman–Crippen MR) is 82.7 cm³/mol. The van der Waals surface area contributed by atoms with Crippen molar-refractivity contribution < 1.29 is 5.11 Å². The fraction of sp³-hybridized carbons (Fsp3) is 0.375. The van der Waals surface area contributed by atoms with Crippen LogP contribution in [0.3, 0.4) is 0 Å². The van der Waals surface area contributed by atoms with Gasteiger partial charge in [-0.05, 0) is 25.8 Å². The Morgan fingerprint density at radius 1 is 1.19 bits per heavy atom. The van der Waals surface area contributed by atoms with Crippen LogP contribution in [0.2, 0.25) is 0 Å². The van der Waals surface area contributed by atoms with Crippen molar-refractivity contribution in [3.63, 3.8) is 0 Å². The highest BCUT2D eigenvalue weighted by atomic mass is 16.3. The van der Waals surface area contributed by atoms with Gasteiger partial charge in [0.1, 0.15) is 5.56 Å². The van der Waals surface area contributed by atoms with Gasteiger partial charge in [0.2, 0.25) is 5.88 Å². The Balaban J connectivity index is 2.76. The normalized spacial score (nSPS) is 11.6. The number of aromatic hydroxyl groups is 1. The molecule has 1 heterocycles. The van der Waals surface area contributed by atoms with Crippen molar-refractivity contribution in [2.45, 2.75) is 39.2 Å². The van der Waals surface area contributed by atoms with Gasteiger partial charge in [0, 0.05) is 5.54 Å². The second-order valence-electron chi connectivity index (χ2n) is 5.72. The van der Waals surface area contributed by atoms with Crippen molar-refractivity contribution in [2.24, 2.45) is 0 Å². The lowest BCUT2D eigenvalue weighted by molar-refractivity contribution is 0.266. The molecule has 0 atom stereocenters. The molecule has 0 aliphatic carbocycles. The summed E-state index contributed by atoms with van der Waals surface area (Å²) in [6.45, 7) is 5.74. The molecule has 5 heteroatoms. The minimum Gasteiger partial charge on any atom is -0.494 e. The molecule has 0 unspecified atom stereocenters. The van der Waals surface area contributed by atoms with E-state index in [2.05, 4.69) is 4.98 Å². The number of nitrogens with zero attached hydrogens (tertiary/aromatic N) is 1. The van der Waals surface area contributed by atoms with Gasteiger partial charge in [0.15, 0.2) is 0 Å². The first-order valence-corrected chi connectivity index (χ1v) is 7.02. The van der Waals surface area contributed by atoms with Crippen LogP contribution in [-0.2, 0) is 5.54 Å². The molecule has 21 heavy (non-hydrogen) atoms.